The third kappa shape index (κ3) is 8.57. The summed E-state index contributed by atoms with van der Waals surface area (Å²) in [6.07, 6.45) is 2.20. The third-order valence-corrected chi connectivity index (χ3v) is 6.83. The average molecular weight is 524 g/mol. The van der Waals surface area contributed by atoms with Crippen LogP contribution in [0, 0.1) is 12.8 Å². The predicted molar refractivity (Wildman–Crippen MR) is 140 cm³/mol. The fraction of sp³-hybridized carbons (Fsp3) is 0.458. The zero-order chi connectivity index (χ0) is 25.6. The minimum atomic E-state index is -3.64. The molecule has 3 rings (SSSR count). The Morgan fingerprint density at radius 3 is 2.26 bits per heavy atom. The zero-order valence-electron chi connectivity index (χ0n) is 20.6. The smallest absolute Gasteiger partial charge is 0.325 e. The van der Waals surface area contributed by atoms with Crippen LogP contribution in [0.15, 0.2) is 36.4 Å². The summed E-state index contributed by atoms with van der Waals surface area (Å²) in [5.74, 6) is 0.483. The van der Waals surface area contributed by atoms with Crippen molar-refractivity contribution >= 4 is 42.7 Å². The molecule has 11 heteroatoms. The predicted octanol–water partition coefficient (Wildman–Crippen LogP) is 5.57. The number of unbranched alkanes of at least 4 members (excludes halogenated alkanes) is 1. The van der Waals surface area contributed by atoms with Crippen LogP contribution < -0.4 is 10.1 Å². The van der Waals surface area contributed by atoms with E-state index >= 15 is 0 Å². The summed E-state index contributed by atoms with van der Waals surface area (Å²) in [6.45, 7) is 4.93. The van der Waals surface area contributed by atoms with E-state index in [-0.39, 0.29) is 19.1 Å². The molecule has 0 saturated carbocycles. The highest BCUT2D eigenvalue weighted by molar-refractivity contribution is 7.52. The van der Waals surface area contributed by atoms with Crippen LogP contribution in [0.2, 0.25) is 0 Å². The number of aromatic nitrogens is 1. The lowest BCUT2D eigenvalue weighted by molar-refractivity contribution is 0.148. The Kier molecular flexibility index (Phi) is 9.33. The van der Waals surface area contributed by atoms with Gasteiger partial charge in [0.15, 0.2) is 0 Å². The molecule has 0 aliphatic carbocycles. The molecule has 3 N–H and O–H groups in total. The summed E-state index contributed by atoms with van der Waals surface area (Å²) in [5.41, 5.74) is 3.92. The van der Waals surface area contributed by atoms with Crippen molar-refractivity contribution in [2.24, 2.45) is 5.92 Å². The monoisotopic (exact) mass is 524 g/mol. The Morgan fingerprint density at radius 2 is 1.63 bits per heavy atom. The second-order valence-corrected chi connectivity index (χ2v) is 12.6. The summed E-state index contributed by atoms with van der Waals surface area (Å²) in [6, 6.07) is 12.0. The Morgan fingerprint density at radius 1 is 0.943 bits per heavy atom. The Balaban J connectivity index is 1.68. The quantitative estimate of drug-likeness (QED) is 0.149. The first-order valence-electron chi connectivity index (χ1n) is 11.5. The molecule has 192 valence electrons. The number of benzene rings is 2. The van der Waals surface area contributed by atoms with Crippen molar-refractivity contribution in [1.29, 1.82) is 0 Å². The summed E-state index contributed by atoms with van der Waals surface area (Å²) in [7, 11) is -5.65. The van der Waals surface area contributed by atoms with Gasteiger partial charge in [0.25, 0.3) is 0 Å². The summed E-state index contributed by atoms with van der Waals surface area (Å²) >= 11 is 0. The maximum Gasteiger partial charge on any atom is 0.325 e. The van der Waals surface area contributed by atoms with Gasteiger partial charge in [-0.15, -0.1) is 0 Å². The van der Waals surface area contributed by atoms with E-state index in [1.165, 1.54) is 0 Å². The van der Waals surface area contributed by atoms with Crippen molar-refractivity contribution < 1.29 is 32.7 Å². The van der Waals surface area contributed by atoms with E-state index in [1.54, 1.807) is 7.11 Å². The maximum atomic E-state index is 11.5. The van der Waals surface area contributed by atoms with Crippen molar-refractivity contribution in [2.45, 2.75) is 26.2 Å². The average Bonchev–Trinajstić information content (AvgIpc) is 2.77. The molecule has 0 amide bonds. The molecule has 0 spiro atoms. The van der Waals surface area contributed by atoms with Gasteiger partial charge in [-0.3, -0.25) is 9.13 Å². The number of methoxy groups -OCH3 is 1. The molecule has 1 aromatic heterocycles. The van der Waals surface area contributed by atoms with Crippen LogP contribution in [0.4, 0.5) is 5.69 Å². The van der Waals surface area contributed by atoms with Crippen LogP contribution in [0.1, 0.15) is 24.8 Å². The molecular weight excluding hydrogens is 490 g/mol. The molecule has 0 aliphatic rings. The van der Waals surface area contributed by atoms with Gasteiger partial charge in [0.05, 0.1) is 37.0 Å². The number of aryl methyl sites for hydroxylation is 1. The number of hydrogen-bond donors (Lipinski definition) is 3. The Hall–Kier alpha value is -1.99. The van der Waals surface area contributed by atoms with Crippen molar-refractivity contribution in [1.82, 2.24) is 4.98 Å². The van der Waals surface area contributed by atoms with Gasteiger partial charge >= 0.3 is 15.2 Å². The van der Waals surface area contributed by atoms with E-state index in [9.17, 15) is 18.9 Å². The minimum Gasteiger partial charge on any atom is -0.497 e. The van der Waals surface area contributed by atoms with Crippen LogP contribution >= 0.6 is 15.2 Å². The Bertz CT molecular complexity index is 1230. The molecule has 0 bridgehead atoms. The van der Waals surface area contributed by atoms with Gasteiger partial charge < -0.3 is 28.9 Å². The first kappa shape index (κ1) is 27.6. The number of hydrogen-bond acceptors (Lipinski definition) is 7. The molecule has 0 fully saturated rings. The van der Waals surface area contributed by atoms with E-state index in [2.05, 4.69) is 23.5 Å². The molecule has 0 radical (unpaired) electrons. The molecule has 2 aromatic carbocycles. The second-order valence-electron chi connectivity index (χ2n) is 8.88. The molecule has 35 heavy (non-hydrogen) atoms. The summed E-state index contributed by atoms with van der Waals surface area (Å²) in [4.78, 5) is 23.7. The zero-order valence-corrected chi connectivity index (χ0v) is 22.4. The van der Waals surface area contributed by atoms with Gasteiger partial charge in [0.2, 0.25) is 0 Å². The highest BCUT2D eigenvalue weighted by atomic mass is 31.2. The van der Waals surface area contributed by atoms with Gasteiger partial charge in [0, 0.05) is 36.6 Å². The largest absolute Gasteiger partial charge is 0.497 e. The second kappa shape index (κ2) is 11.8. The number of ether oxygens (including phenoxy) is 1. The highest BCUT2D eigenvalue weighted by Crippen LogP contribution is 2.40. The van der Waals surface area contributed by atoms with Crippen LogP contribution in [0.5, 0.6) is 5.75 Å². The molecule has 2 unspecified atom stereocenters. The van der Waals surface area contributed by atoms with Crippen molar-refractivity contribution in [2.75, 3.05) is 45.5 Å². The van der Waals surface area contributed by atoms with Crippen molar-refractivity contribution in [3.05, 3.63) is 42.0 Å². The van der Waals surface area contributed by atoms with Gasteiger partial charge in [0.1, 0.15) is 5.75 Å². The lowest BCUT2D eigenvalue weighted by Crippen LogP contribution is -2.16. The van der Waals surface area contributed by atoms with E-state index in [0.29, 0.717) is 13.0 Å². The third-order valence-electron chi connectivity index (χ3n) is 5.58. The lowest BCUT2D eigenvalue weighted by atomic mass is 10.0. The molecular formula is C24H34N2O7P2. The first-order valence-corrected chi connectivity index (χ1v) is 15.5. The fourth-order valence-corrected chi connectivity index (χ4v) is 4.80. The maximum absolute atomic E-state index is 11.5. The SMILES string of the molecule is COc1ccc2nc3cc(C)ccc3c(NCCCCC(COP(C)(=O)O)COP(C)(=O)O)c2c1. The van der Waals surface area contributed by atoms with E-state index < -0.39 is 15.2 Å². The number of rotatable bonds is 13. The molecule has 2 atom stereocenters. The number of anilines is 1. The van der Waals surface area contributed by atoms with Crippen LogP contribution in [-0.4, -0.2) is 55.0 Å². The van der Waals surface area contributed by atoms with Gasteiger partial charge in [-0.25, -0.2) is 4.98 Å². The summed E-state index contributed by atoms with van der Waals surface area (Å²) in [5, 5.41) is 5.56. The van der Waals surface area contributed by atoms with Gasteiger partial charge in [-0.2, -0.15) is 0 Å². The van der Waals surface area contributed by atoms with E-state index in [1.807, 2.05) is 25.1 Å². The molecule has 3 aromatic rings. The van der Waals surface area contributed by atoms with E-state index in [4.69, 9.17) is 18.8 Å². The molecule has 9 nitrogen and oxygen atoms in total. The van der Waals surface area contributed by atoms with Crippen molar-refractivity contribution in [3.63, 3.8) is 0 Å². The first-order chi connectivity index (χ1) is 16.4. The Labute approximate surface area is 205 Å². The molecule has 0 aliphatic heterocycles. The van der Waals surface area contributed by atoms with Crippen LogP contribution in [0.25, 0.3) is 21.8 Å². The number of pyridine rings is 1. The minimum absolute atomic E-state index is 0.0174. The molecule has 0 saturated heterocycles. The number of nitrogens with one attached hydrogen (secondary N) is 1. The highest BCUT2D eigenvalue weighted by Gasteiger charge is 2.19. The number of nitrogens with zero attached hydrogens (tertiary/aromatic N) is 1. The fourth-order valence-electron chi connectivity index (χ4n) is 3.82. The summed E-state index contributed by atoms with van der Waals surface area (Å²) < 4.78 is 38.5. The van der Waals surface area contributed by atoms with Gasteiger partial charge in [-0.1, -0.05) is 18.6 Å². The standard InChI is InChI=1S/C24H34N2O7P2/c1-17-8-10-20-23(13-17)26-22-11-9-19(31-2)14-21(22)24(20)25-12-6-5-7-18(15-32-34(3,27)28)16-33-35(4,29)30/h8-11,13-14,18H,5-7,12,15-16H2,1-4H3,(H,25,26)(H,27,28)(H,29,30). The topological polar surface area (TPSA) is 127 Å². The lowest BCUT2D eigenvalue weighted by Gasteiger charge is -2.19. The molecule has 1 heterocycles. The van der Waals surface area contributed by atoms with E-state index in [0.717, 1.165) is 65.0 Å². The number of fused-ring (bicyclic) bond motifs is 2. The van der Waals surface area contributed by atoms with Crippen LogP contribution in [-0.2, 0) is 18.2 Å². The normalized spacial score (nSPS) is 16.1. The van der Waals surface area contributed by atoms with Crippen LogP contribution in [0.3, 0.4) is 0 Å². The van der Waals surface area contributed by atoms with Gasteiger partial charge in [-0.05, 0) is 49.6 Å². The van der Waals surface area contributed by atoms with Crippen molar-refractivity contribution in [3.8, 4) is 5.75 Å².